The van der Waals surface area contributed by atoms with E-state index in [1.54, 1.807) is 0 Å². The lowest BCUT2D eigenvalue weighted by Crippen LogP contribution is -1.93. The summed E-state index contributed by atoms with van der Waals surface area (Å²) < 4.78 is 2.98. The lowest BCUT2D eigenvalue weighted by Gasteiger charge is -2.05. The first kappa shape index (κ1) is 11.4. The van der Waals surface area contributed by atoms with E-state index in [1.165, 1.54) is 11.1 Å². The molecule has 84 valence electrons. The topological polar surface area (TPSA) is 17.8 Å². The molecule has 0 aliphatic rings. The fourth-order valence-corrected chi connectivity index (χ4v) is 2.21. The first-order valence-electron chi connectivity index (χ1n) is 5.37. The number of aryl methyl sites for hydroxylation is 1. The van der Waals surface area contributed by atoms with Crippen molar-refractivity contribution in [1.82, 2.24) is 9.78 Å². The molecule has 0 unspecified atom stereocenters. The van der Waals surface area contributed by atoms with E-state index in [0.29, 0.717) is 5.92 Å². The SMILES string of the molecule is CC(C)c1nn(C)cc1-c1cccc(Br)c1. The van der Waals surface area contributed by atoms with Crippen LogP contribution >= 0.6 is 15.9 Å². The predicted molar refractivity (Wildman–Crippen MR) is 70.4 cm³/mol. The molecule has 2 nitrogen and oxygen atoms in total. The summed E-state index contributed by atoms with van der Waals surface area (Å²) in [7, 11) is 1.97. The largest absolute Gasteiger partial charge is 0.275 e. The Morgan fingerprint density at radius 2 is 2.06 bits per heavy atom. The first-order valence-corrected chi connectivity index (χ1v) is 6.16. The summed E-state index contributed by atoms with van der Waals surface area (Å²) in [5.41, 5.74) is 3.59. The smallest absolute Gasteiger partial charge is 0.0728 e. The maximum absolute atomic E-state index is 4.52. The van der Waals surface area contributed by atoms with Gasteiger partial charge in [0.25, 0.3) is 0 Å². The molecule has 0 saturated carbocycles. The molecule has 2 rings (SSSR count). The van der Waals surface area contributed by atoms with Gasteiger partial charge in [0.05, 0.1) is 5.69 Å². The highest BCUT2D eigenvalue weighted by molar-refractivity contribution is 9.10. The average molecular weight is 279 g/mol. The van der Waals surface area contributed by atoms with Crippen molar-refractivity contribution < 1.29 is 0 Å². The number of halogens is 1. The molecular formula is C13H15BrN2. The number of aromatic nitrogens is 2. The number of rotatable bonds is 2. The second-order valence-corrected chi connectivity index (χ2v) is 5.18. The van der Waals surface area contributed by atoms with Crippen LogP contribution in [0.4, 0.5) is 0 Å². The van der Waals surface area contributed by atoms with Gasteiger partial charge in [0.15, 0.2) is 0 Å². The molecule has 0 spiro atoms. The van der Waals surface area contributed by atoms with Gasteiger partial charge in [-0.05, 0) is 23.6 Å². The summed E-state index contributed by atoms with van der Waals surface area (Å²) in [6, 6.07) is 8.34. The van der Waals surface area contributed by atoms with Crippen molar-refractivity contribution in [2.24, 2.45) is 7.05 Å². The van der Waals surface area contributed by atoms with E-state index in [4.69, 9.17) is 0 Å². The summed E-state index contributed by atoms with van der Waals surface area (Å²) >= 11 is 3.50. The molecule has 0 bridgehead atoms. The summed E-state index contributed by atoms with van der Waals surface area (Å²) in [6.07, 6.45) is 2.08. The lowest BCUT2D eigenvalue weighted by molar-refractivity contribution is 0.713. The highest BCUT2D eigenvalue weighted by Crippen LogP contribution is 2.29. The van der Waals surface area contributed by atoms with Crippen LogP contribution in [0.2, 0.25) is 0 Å². The Hall–Kier alpha value is -1.09. The highest BCUT2D eigenvalue weighted by Gasteiger charge is 2.12. The average Bonchev–Trinajstić information content (AvgIpc) is 2.60. The van der Waals surface area contributed by atoms with Crippen molar-refractivity contribution in [2.75, 3.05) is 0 Å². The standard InChI is InChI=1S/C13H15BrN2/c1-9(2)13-12(8-16(3)15-13)10-5-4-6-11(14)7-10/h4-9H,1-3H3. The highest BCUT2D eigenvalue weighted by atomic mass is 79.9. The third kappa shape index (κ3) is 2.19. The Balaban J connectivity index is 2.55. The molecule has 0 aliphatic carbocycles. The molecule has 1 aromatic carbocycles. The van der Waals surface area contributed by atoms with Crippen molar-refractivity contribution in [3.8, 4) is 11.1 Å². The molecular weight excluding hydrogens is 264 g/mol. The molecule has 0 aliphatic heterocycles. The van der Waals surface area contributed by atoms with E-state index in [1.807, 2.05) is 17.8 Å². The van der Waals surface area contributed by atoms with Crippen LogP contribution < -0.4 is 0 Å². The maximum atomic E-state index is 4.52. The van der Waals surface area contributed by atoms with Crippen LogP contribution in [0.3, 0.4) is 0 Å². The maximum Gasteiger partial charge on any atom is 0.0728 e. The third-order valence-electron chi connectivity index (χ3n) is 2.54. The number of hydrogen-bond acceptors (Lipinski definition) is 1. The molecule has 2 aromatic rings. The predicted octanol–water partition coefficient (Wildman–Crippen LogP) is 3.97. The number of benzene rings is 1. The van der Waals surface area contributed by atoms with Crippen molar-refractivity contribution in [2.45, 2.75) is 19.8 Å². The van der Waals surface area contributed by atoms with Gasteiger partial charge in [-0.2, -0.15) is 5.10 Å². The minimum absolute atomic E-state index is 0.440. The molecule has 0 amide bonds. The van der Waals surface area contributed by atoms with E-state index in [-0.39, 0.29) is 0 Å². The number of hydrogen-bond donors (Lipinski definition) is 0. The van der Waals surface area contributed by atoms with E-state index in [9.17, 15) is 0 Å². The molecule has 0 fully saturated rings. The van der Waals surface area contributed by atoms with Crippen LogP contribution in [-0.2, 0) is 7.05 Å². The van der Waals surface area contributed by atoms with Gasteiger partial charge in [-0.1, -0.05) is 41.9 Å². The van der Waals surface area contributed by atoms with Gasteiger partial charge in [0, 0.05) is 23.3 Å². The number of nitrogens with zero attached hydrogens (tertiary/aromatic N) is 2. The fourth-order valence-electron chi connectivity index (χ4n) is 1.81. The minimum Gasteiger partial charge on any atom is -0.275 e. The Labute approximate surface area is 104 Å². The monoisotopic (exact) mass is 278 g/mol. The summed E-state index contributed by atoms with van der Waals surface area (Å²) in [4.78, 5) is 0. The van der Waals surface area contributed by atoms with Crippen molar-refractivity contribution in [3.05, 3.63) is 40.6 Å². The van der Waals surface area contributed by atoms with Gasteiger partial charge < -0.3 is 0 Å². The second kappa shape index (κ2) is 4.42. The van der Waals surface area contributed by atoms with E-state index >= 15 is 0 Å². The van der Waals surface area contributed by atoms with E-state index in [0.717, 1.165) is 10.2 Å². The van der Waals surface area contributed by atoms with Gasteiger partial charge in [0.1, 0.15) is 0 Å². The Kier molecular flexibility index (Phi) is 3.15. The molecule has 1 aromatic heterocycles. The summed E-state index contributed by atoms with van der Waals surface area (Å²) in [6.45, 7) is 4.34. The summed E-state index contributed by atoms with van der Waals surface area (Å²) in [5.74, 6) is 0.440. The van der Waals surface area contributed by atoms with Crippen LogP contribution in [0.5, 0.6) is 0 Å². The van der Waals surface area contributed by atoms with Gasteiger partial charge in [-0.15, -0.1) is 0 Å². The molecule has 3 heteroatoms. The normalized spacial score (nSPS) is 11.1. The molecule has 0 radical (unpaired) electrons. The molecule has 16 heavy (non-hydrogen) atoms. The van der Waals surface area contributed by atoms with Gasteiger partial charge >= 0.3 is 0 Å². The van der Waals surface area contributed by atoms with Crippen LogP contribution in [0.25, 0.3) is 11.1 Å². The first-order chi connectivity index (χ1) is 7.58. The second-order valence-electron chi connectivity index (χ2n) is 4.27. The minimum atomic E-state index is 0.440. The quantitative estimate of drug-likeness (QED) is 0.813. The van der Waals surface area contributed by atoms with Gasteiger partial charge in [-0.3, -0.25) is 4.68 Å². The molecule has 0 atom stereocenters. The van der Waals surface area contributed by atoms with Crippen molar-refractivity contribution >= 4 is 15.9 Å². The van der Waals surface area contributed by atoms with Crippen LogP contribution in [-0.4, -0.2) is 9.78 Å². The van der Waals surface area contributed by atoms with Crippen LogP contribution in [0, 0.1) is 0 Å². The zero-order valence-electron chi connectivity index (χ0n) is 9.74. The third-order valence-corrected chi connectivity index (χ3v) is 3.03. The van der Waals surface area contributed by atoms with Crippen LogP contribution in [0.1, 0.15) is 25.5 Å². The zero-order chi connectivity index (χ0) is 11.7. The van der Waals surface area contributed by atoms with Gasteiger partial charge in [0.2, 0.25) is 0 Å². The Morgan fingerprint density at radius 1 is 1.31 bits per heavy atom. The molecule has 1 heterocycles. The van der Waals surface area contributed by atoms with E-state index in [2.05, 4.69) is 59.3 Å². The fraction of sp³-hybridized carbons (Fsp3) is 0.308. The van der Waals surface area contributed by atoms with Crippen molar-refractivity contribution in [1.29, 1.82) is 0 Å². The van der Waals surface area contributed by atoms with Gasteiger partial charge in [-0.25, -0.2) is 0 Å². The Morgan fingerprint density at radius 3 is 2.69 bits per heavy atom. The van der Waals surface area contributed by atoms with Crippen molar-refractivity contribution in [3.63, 3.8) is 0 Å². The van der Waals surface area contributed by atoms with E-state index < -0.39 is 0 Å². The Bertz CT molecular complexity index is 500. The molecule has 0 N–H and O–H groups in total. The lowest BCUT2D eigenvalue weighted by atomic mass is 10.0. The summed E-state index contributed by atoms with van der Waals surface area (Å²) in [5, 5.41) is 4.52. The van der Waals surface area contributed by atoms with Crippen LogP contribution in [0.15, 0.2) is 34.9 Å². The zero-order valence-corrected chi connectivity index (χ0v) is 11.3. The molecule has 0 saturated heterocycles.